The predicted molar refractivity (Wildman–Crippen MR) is 115 cm³/mol. The van der Waals surface area contributed by atoms with Gasteiger partial charge in [-0.05, 0) is 42.9 Å². The molecule has 2 aromatic carbocycles. The van der Waals surface area contributed by atoms with Crippen molar-refractivity contribution in [3.05, 3.63) is 59.8 Å². The van der Waals surface area contributed by atoms with Crippen LogP contribution < -0.4 is 4.74 Å². The summed E-state index contributed by atoms with van der Waals surface area (Å²) in [5.74, 6) is 1.20. The van der Waals surface area contributed by atoms with Crippen LogP contribution in [-0.4, -0.2) is 30.0 Å². The molecule has 1 aromatic heterocycles. The van der Waals surface area contributed by atoms with Gasteiger partial charge < -0.3 is 14.0 Å². The molecule has 0 fully saturated rings. The van der Waals surface area contributed by atoms with Crippen LogP contribution in [0.3, 0.4) is 0 Å². The molecule has 1 heterocycles. The highest BCUT2D eigenvalue weighted by atomic mass is 32.2. The molecule has 0 saturated carbocycles. The number of nitrogens with zero attached hydrogens (tertiary/aromatic N) is 1. The molecule has 0 aliphatic rings. The molecule has 0 spiro atoms. The summed E-state index contributed by atoms with van der Waals surface area (Å²) in [5.41, 5.74) is 3.22. The third kappa shape index (κ3) is 4.04. The number of hydrogen-bond acceptors (Lipinski definition) is 4. The van der Waals surface area contributed by atoms with E-state index in [-0.39, 0.29) is 11.9 Å². The molecular formula is C23H27NO3S. The second-order valence-corrected chi connectivity index (χ2v) is 7.86. The molecule has 1 unspecified atom stereocenters. The lowest BCUT2D eigenvalue weighted by Crippen LogP contribution is -2.21. The largest absolute Gasteiger partial charge is 0.497 e. The second-order valence-electron chi connectivity index (χ2n) is 6.58. The third-order valence-corrected chi connectivity index (χ3v) is 5.88. The maximum absolute atomic E-state index is 13.0. The zero-order valence-corrected chi connectivity index (χ0v) is 17.7. The van der Waals surface area contributed by atoms with Crippen molar-refractivity contribution in [3.8, 4) is 5.75 Å². The van der Waals surface area contributed by atoms with E-state index in [1.807, 2.05) is 38.2 Å². The van der Waals surface area contributed by atoms with Gasteiger partial charge in [0.1, 0.15) is 11.7 Å². The number of methoxy groups -OCH3 is 1. The molecule has 0 aliphatic carbocycles. The first kappa shape index (κ1) is 20.3. The van der Waals surface area contributed by atoms with Crippen molar-refractivity contribution in [3.63, 3.8) is 0 Å². The maximum Gasteiger partial charge on any atom is 0.315 e. The lowest BCUT2D eigenvalue weighted by atomic mass is 9.96. The van der Waals surface area contributed by atoms with Crippen LogP contribution in [0.4, 0.5) is 0 Å². The van der Waals surface area contributed by atoms with Gasteiger partial charge in [-0.3, -0.25) is 4.79 Å². The Morgan fingerprint density at radius 2 is 1.89 bits per heavy atom. The summed E-state index contributed by atoms with van der Waals surface area (Å²) in [7, 11) is 3.70. The number of carbonyl (C=O) groups excluding carboxylic acids is 1. The van der Waals surface area contributed by atoms with Gasteiger partial charge in [-0.15, -0.1) is 11.8 Å². The Balaban J connectivity index is 2.18. The van der Waals surface area contributed by atoms with Gasteiger partial charge in [0, 0.05) is 28.5 Å². The molecule has 28 heavy (non-hydrogen) atoms. The molecule has 0 amide bonds. The molecule has 3 aromatic rings. The van der Waals surface area contributed by atoms with E-state index in [4.69, 9.17) is 9.47 Å². The van der Waals surface area contributed by atoms with Crippen LogP contribution in [0.25, 0.3) is 10.9 Å². The summed E-state index contributed by atoms with van der Waals surface area (Å²) in [4.78, 5) is 14.1. The van der Waals surface area contributed by atoms with Crippen LogP contribution in [-0.2, 0) is 23.0 Å². The van der Waals surface area contributed by atoms with Crippen LogP contribution in [0.5, 0.6) is 5.75 Å². The fourth-order valence-electron chi connectivity index (χ4n) is 3.61. The Bertz CT molecular complexity index is 949. The van der Waals surface area contributed by atoms with E-state index < -0.39 is 0 Å². The molecule has 0 aliphatic heterocycles. The first-order valence-electron chi connectivity index (χ1n) is 9.60. The zero-order valence-electron chi connectivity index (χ0n) is 16.9. The highest BCUT2D eigenvalue weighted by molar-refractivity contribution is 7.99. The van der Waals surface area contributed by atoms with Crippen molar-refractivity contribution in [2.75, 3.05) is 19.5 Å². The van der Waals surface area contributed by atoms with Gasteiger partial charge in [0.05, 0.1) is 13.7 Å². The highest BCUT2D eigenvalue weighted by Gasteiger charge is 2.30. The summed E-state index contributed by atoms with van der Waals surface area (Å²) >= 11 is 1.76. The van der Waals surface area contributed by atoms with Gasteiger partial charge in [-0.25, -0.2) is 0 Å². The van der Waals surface area contributed by atoms with Crippen LogP contribution in [0, 0.1) is 0 Å². The number of rotatable bonds is 8. The monoisotopic (exact) mass is 397 g/mol. The summed E-state index contributed by atoms with van der Waals surface area (Å²) in [6.45, 7) is 4.35. The number of esters is 1. The summed E-state index contributed by atoms with van der Waals surface area (Å²) in [6.07, 6.45) is 0.609. The normalized spacial score (nSPS) is 12.1. The van der Waals surface area contributed by atoms with E-state index in [0.29, 0.717) is 13.0 Å². The molecule has 3 rings (SSSR count). The van der Waals surface area contributed by atoms with Gasteiger partial charge in [0.2, 0.25) is 0 Å². The Labute approximate surface area is 170 Å². The van der Waals surface area contributed by atoms with Crippen LogP contribution in [0.2, 0.25) is 0 Å². The van der Waals surface area contributed by atoms with E-state index in [9.17, 15) is 4.79 Å². The minimum absolute atomic E-state index is 0.179. The van der Waals surface area contributed by atoms with Gasteiger partial charge in [-0.1, -0.05) is 37.3 Å². The standard InChI is InChI=1S/C23H27NO3S/c1-5-27-23(25)19(14-16-10-8-7-9-11-16)21-22(28-6-2)18-15-17(26-4)12-13-20(18)24(21)3/h7-13,15,19H,5-6,14H2,1-4H3. The zero-order chi connectivity index (χ0) is 20.1. The van der Waals surface area contributed by atoms with Crippen LogP contribution in [0.15, 0.2) is 53.4 Å². The van der Waals surface area contributed by atoms with Crippen molar-refractivity contribution in [2.24, 2.45) is 7.05 Å². The highest BCUT2D eigenvalue weighted by Crippen LogP contribution is 2.40. The maximum atomic E-state index is 13.0. The number of fused-ring (bicyclic) bond motifs is 1. The molecule has 0 radical (unpaired) electrons. The van der Waals surface area contributed by atoms with Gasteiger partial charge in [-0.2, -0.15) is 0 Å². The van der Waals surface area contributed by atoms with Crippen molar-refractivity contribution < 1.29 is 14.3 Å². The lowest BCUT2D eigenvalue weighted by molar-refractivity contribution is -0.145. The Hall–Kier alpha value is -2.40. The van der Waals surface area contributed by atoms with Crippen LogP contribution in [0.1, 0.15) is 31.0 Å². The van der Waals surface area contributed by atoms with E-state index in [1.165, 1.54) is 0 Å². The number of hydrogen-bond donors (Lipinski definition) is 0. The van der Waals surface area contributed by atoms with Crippen molar-refractivity contribution >= 4 is 28.6 Å². The average molecular weight is 398 g/mol. The molecular weight excluding hydrogens is 370 g/mol. The molecule has 0 saturated heterocycles. The van der Waals surface area contributed by atoms with Gasteiger partial charge >= 0.3 is 5.97 Å². The van der Waals surface area contributed by atoms with E-state index >= 15 is 0 Å². The lowest BCUT2D eigenvalue weighted by Gasteiger charge is -2.19. The first-order chi connectivity index (χ1) is 13.6. The third-order valence-electron chi connectivity index (χ3n) is 4.88. The number of ether oxygens (including phenoxy) is 2. The molecule has 4 nitrogen and oxygen atoms in total. The average Bonchev–Trinajstić information content (AvgIpc) is 2.98. The van der Waals surface area contributed by atoms with Gasteiger partial charge in [0.15, 0.2) is 0 Å². The van der Waals surface area contributed by atoms with Crippen molar-refractivity contribution in [1.82, 2.24) is 4.57 Å². The summed E-state index contributed by atoms with van der Waals surface area (Å²) in [5, 5.41) is 1.12. The summed E-state index contributed by atoms with van der Waals surface area (Å²) < 4.78 is 13.0. The molecule has 0 N–H and O–H groups in total. The van der Waals surface area contributed by atoms with E-state index in [1.54, 1.807) is 18.9 Å². The number of thioether (sulfide) groups is 1. The fourth-order valence-corrected chi connectivity index (χ4v) is 4.64. The smallest absolute Gasteiger partial charge is 0.315 e. The molecule has 5 heteroatoms. The number of benzene rings is 2. The fraction of sp³-hybridized carbons (Fsp3) is 0.348. The number of aromatic nitrogens is 1. The number of carbonyl (C=O) groups is 1. The van der Waals surface area contributed by atoms with E-state index in [2.05, 4.69) is 35.8 Å². The minimum Gasteiger partial charge on any atom is -0.497 e. The quantitative estimate of drug-likeness (QED) is 0.387. The second kappa shape index (κ2) is 9.20. The predicted octanol–water partition coefficient (Wildman–Crippen LogP) is 5.19. The van der Waals surface area contributed by atoms with Gasteiger partial charge in [0.25, 0.3) is 0 Å². The molecule has 0 bridgehead atoms. The molecule has 1 atom stereocenters. The summed E-state index contributed by atoms with van der Waals surface area (Å²) in [6, 6.07) is 16.2. The van der Waals surface area contributed by atoms with E-state index in [0.717, 1.165) is 38.6 Å². The van der Waals surface area contributed by atoms with Crippen molar-refractivity contribution in [2.45, 2.75) is 31.1 Å². The SMILES string of the molecule is CCOC(=O)C(Cc1ccccc1)c1c(SCC)c2cc(OC)ccc2n1C. The van der Waals surface area contributed by atoms with Crippen LogP contribution >= 0.6 is 11.8 Å². The Morgan fingerprint density at radius 3 is 2.54 bits per heavy atom. The molecule has 148 valence electrons. The first-order valence-corrected chi connectivity index (χ1v) is 10.6. The topological polar surface area (TPSA) is 40.5 Å². The Kier molecular flexibility index (Phi) is 6.68. The minimum atomic E-state index is -0.361. The van der Waals surface area contributed by atoms with Crippen molar-refractivity contribution in [1.29, 1.82) is 0 Å². The number of aryl methyl sites for hydroxylation is 1. The Morgan fingerprint density at radius 1 is 1.14 bits per heavy atom.